The van der Waals surface area contributed by atoms with Crippen molar-refractivity contribution in [2.45, 2.75) is 52.0 Å². The van der Waals surface area contributed by atoms with Crippen molar-refractivity contribution in [1.82, 2.24) is 5.32 Å². The Hall–Kier alpha value is -0.410. The molecule has 1 atom stereocenters. The Morgan fingerprint density at radius 1 is 1.19 bits per heavy atom. The average molecular weight is 356 g/mol. The first-order valence-corrected chi connectivity index (χ1v) is 8.92. The topological polar surface area (TPSA) is 12.0 Å². The average Bonchev–Trinajstić information content (AvgIpc) is 2.49. The first-order valence-electron chi connectivity index (χ1n) is 8.13. The molecule has 2 rings (SSSR count). The maximum absolute atomic E-state index is 13.6. The highest BCUT2D eigenvalue weighted by Gasteiger charge is 2.28. The van der Waals surface area contributed by atoms with Gasteiger partial charge in [-0.1, -0.05) is 26.0 Å². The normalized spacial score (nSPS) is 24.3. The summed E-state index contributed by atoms with van der Waals surface area (Å²) in [5, 5.41) is 3.47. The molecule has 1 N–H and O–H groups in total. The van der Waals surface area contributed by atoms with E-state index >= 15 is 0 Å². The van der Waals surface area contributed by atoms with Gasteiger partial charge < -0.3 is 5.32 Å². The van der Waals surface area contributed by atoms with Crippen molar-refractivity contribution in [3.05, 3.63) is 34.1 Å². The standard InChI is InChI=1S/C18H27BrFN/c1-12(2)13-7-9-14(10-8-13)17(21-3)11-15-5-4-6-16(20)18(15)19/h4-6,12-14,17,21H,7-11H2,1-3H3. The van der Waals surface area contributed by atoms with Crippen LogP contribution in [0.4, 0.5) is 4.39 Å². The molecule has 1 saturated carbocycles. The fourth-order valence-corrected chi connectivity index (χ4v) is 4.09. The highest BCUT2D eigenvalue weighted by molar-refractivity contribution is 9.10. The van der Waals surface area contributed by atoms with E-state index in [2.05, 4.69) is 35.1 Å². The smallest absolute Gasteiger partial charge is 0.137 e. The SMILES string of the molecule is CNC(Cc1cccc(F)c1Br)C1CCC(C(C)C)CC1. The highest BCUT2D eigenvalue weighted by atomic mass is 79.9. The fourth-order valence-electron chi connectivity index (χ4n) is 3.66. The second-order valence-electron chi connectivity index (χ2n) is 6.73. The Morgan fingerprint density at radius 2 is 1.81 bits per heavy atom. The molecule has 118 valence electrons. The van der Waals surface area contributed by atoms with Crippen molar-refractivity contribution < 1.29 is 4.39 Å². The van der Waals surface area contributed by atoms with Crippen LogP contribution in [0.5, 0.6) is 0 Å². The second-order valence-corrected chi connectivity index (χ2v) is 7.52. The van der Waals surface area contributed by atoms with Crippen LogP contribution < -0.4 is 5.32 Å². The number of hydrogen-bond acceptors (Lipinski definition) is 1. The van der Waals surface area contributed by atoms with E-state index in [9.17, 15) is 4.39 Å². The summed E-state index contributed by atoms with van der Waals surface area (Å²) < 4.78 is 14.3. The van der Waals surface area contributed by atoms with Crippen molar-refractivity contribution in [1.29, 1.82) is 0 Å². The molecule has 0 aliphatic heterocycles. The van der Waals surface area contributed by atoms with Crippen LogP contribution in [0.25, 0.3) is 0 Å². The van der Waals surface area contributed by atoms with Gasteiger partial charge in [-0.15, -0.1) is 0 Å². The Bertz CT molecular complexity index is 453. The first kappa shape index (κ1) is 17.0. The monoisotopic (exact) mass is 355 g/mol. The third-order valence-electron chi connectivity index (χ3n) is 5.17. The number of nitrogens with one attached hydrogen (secondary N) is 1. The molecule has 0 bridgehead atoms. The quantitative estimate of drug-likeness (QED) is 0.766. The number of benzene rings is 1. The van der Waals surface area contributed by atoms with Crippen LogP contribution in [0.1, 0.15) is 45.1 Å². The molecule has 0 spiro atoms. The van der Waals surface area contributed by atoms with Gasteiger partial charge in [0, 0.05) is 6.04 Å². The van der Waals surface area contributed by atoms with Gasteiger partial charge in [-0.05, 0) is 84.5 Å². The Labute approximate surface area is 136 Å². The third-order valence-corrected chi connectivity index (χ3v) is 6.06. The van der Waals surface area contributed by atoms with Crippen LogP contribution in [-0.4, -0.2) is 13.1 Å². The van der Waals surface area contributed by atoms with Gasteiger partial charge in [0.15, 0.2) is 0 Å². The van der Waals surface area contributed by atoms with Gasteiger partial charge in [0.1, 0.15) is 5.82 Å². The largest absolute Gasteiger partial charge is 0.316 e. The van der Waals surface area contributed by atoms with Crippen LogP contribution in [0.3, 0.4) is 0 Å². The van der Waals surface area contributed by atoms with E-state index in [1.807, 2.05) is 13.1 Å². The van der Waals surface area contributed by atoms with E-state index < -0.39 is 0 Å². The number of halogens is 2. The van der Waals surface area contributed by atoms with Crippen LogP contribution >= 0.6 is 15.9 Å². The molecule has 1 unspecified atom stereocenters. The van der Waals surface area contributed by atoms with E-state index in [1.165, 1.54) is 31.7 Å². The first-order chi connectivity index (χ1) is 10.0. The third kappa shape index (κ3) is 4.29. The summed E-state index contributed by atoms with van der Waals surface area (Å²) in [6, 6.07) is 5.78. The van der Waals surface area contributed by atoms with Crippen molar-refractivity contribution in [3.63, 3.8) is 0 Å². The van der Waals surface area contributed by atoms with Crippen LogP contribution in [0.2, 0.25) is 0 Å². The van der Waals surface area contributed by atoms with Crippen LogP contribution in [0, 0.1) is 23.6 Å². The molecule has 3 heteroatoms. The van der Waals surface area contributed by atoms with E-state index in [0.29, 0.717) is 16.4 Å². The minimum Gasteiger partial charge on any atom is -0.316 e. The summed E-state index contributed by atoms with van der Waals surface area (Å²) in [6.45, 7) is 4.68. The lowest BCUT2D eigenvalue weighted by molar-refractivity contribution is 0.191. The van der Waals surface area contributed by atoms with Crippen molar-refractivity contribution in [3.8, 4) is 0 Å². The Kier molecular flexibility index (Phi) is 6.24. The molecule has 1 nitrogen and oxygen atoms in total. The highest BCUT2D eigenvalue weighted by Crippen LogP contribution is 2.36. The number of rotatable bonds is 5. The van der Waals surface area contributed by atoms with Crippen LogP contribution in [-0.2, 0) is 6.42 Å². The summed E-state index contributed by atoms with van der Waals surface area (Å²) >= 11 is 3.39. The van der Waals surface area contributed by atoms with Gasteiger partial charge in [-0.25, -0.2) is 4.39 Å². The predicted molar refractivity (Wildman–Crippen MR) is 90.9 cm³/mol. The molecule has 1 aromatic rings. The molecule has 0 amide bonds. The van der Waals surface area contributed by atoms with Gasteiger partial charge in [0.25, 0.3) is 0 Å². The summed E-state index contributed by atoms with van der Waals surface area (Å²) in [5.41, 5.74) is 1.07. The summed E-state index contributed by atoms with van der Waals surface area (Å²) in [7, 11) is 2.03. The molecule has 1 aliphatic carbocycles. The van der Waals surface area contributed by atoms with E-state index in [1.54, 1.807) is 6.07 Å². The lowest BCUT2D eigenvalue weighted by atomic mass is 9.73. The maximum atomic E-state index is 13.6. The summed E-state index contributed by atoms with van der Waals surface area (Å²) in [5.74, 6) is 2.24. The zero-order chi connectivity index (χ0) is 15.4. The fraction of sp³-hybridized carbons (Fsp3) is 0.667. The summed E-state index contributed by atoms with van der Waals surface area (Å²) in [4.78, 5) is 0. The predicted octanol–water partition coefficient (Wildman–Crippen LogP) is 5.18. The maximum Gasteiger partial charge on any atom is 0.137 e. The van der Waals surface area contributed by atoms with Gasteiger partial charge in [0.05, 0.1) is 4.47 Å². The molecule has 1 aromatic carbocycles. The van der Waals surface area contributed by atoms with Gasteiger partial charge >= 0.3 is 0 Å². The van der Waals surface area contributed by atoms with Gasteiger partial charge in [-0.2, -0.15) is 0 Å². The molecule has 0 saturated heterocycles. The molecular formula is C18H27BrFN. The minimum atomic E-state index is -0.161. The molecule has 1 aliphatic rings. The lowest BCUT2D eigenvalue weighted by Gasteiger charge is -2.35. The van der Waals surface area contributed by atoms with E-state index in [4.69, 9.17) is 0 Å². The minimum absolute atomic E-state index is 0.161. The molecule has 0 radical (unpaired) electrons. The van der Waals surface area contributed by atoms with Crippen molar-refractivity contribution in [2.75, 3.05) is 7.05 Å². The zero-order valence-corrected chi connectivity index (χ0v) is 14.9. The van der Waals surface area contributed by atoms with Crippen LogP contribution in [0.15, 0.2) is 22.7 Å². The zero-order valence-electron chi connectivity index (χ0n) is 13.3. The second kappa shape index (κ2) is 7.73. The van der Waals surface area contributed by atoms with Gasteiger partial charge in [-0.3, -0.25) is 0 Å². The molecule has 21 heavy (non-hydrogen) atoms. The number of hydrogen-bond donors (Lipinski definition) is 1. The molecule has 0 heterocycles. The lowest BCUT2D eigenvalue weighted by Crippen LogP contribution is -2.38. The van der Waals surface area contributed by atoms with Gasteiger partial charge in [0.2, 0.25) is 0 Å². The number of likely N-dealkylation sites (N-methyl/N-ethyl adjacent to an activating group) is 1. The van der Waals surface area contributed by atoms with E-state index in [0.717, 1.165) is 23.8 Å². The molecule has 1 fully saturated rings. The Morgan fingerprint density at radius 3 is 2.38 bits per heavy atom. The van der Waals surface area contributed by atoms with E-state index in [-0.39, 0.29) is 5.82 Å². The van der Waals surface area contributed by atoms with Crippen molar-refractivity contribution >= 4 is 15.9 Å². The molecule has 0 aromatic heterocycles. The Balaban J connectivity index is 1.99. The summed E-state index contributed by atoms with van der Waals surface area (Å²) in [6.07, 6.45) is 6.16. The van der Waals surface area contributed by atoms with Crippen molar-refractivity contribution in [2.24, 2.45) is 17.8 Å². The molecular weight excluding hydrogens is 329 g/mol.